The van der Waals surface area contributed by atoms with Gasteiger partial charge in [-0.25, -0.2) is 0 Å². The number of likely N-dealkylation sites (tertiary alicyclic amines) is 1. The number of halogens is 3. The van der Waals surface area contributed by atoms with Crippen molar-refractivity contribution in [3.8, 4) is 0 Å². The highest BCUT2D eigenvalue weighted by Gasteiger charge is 2.38. The SMILES string of the molecule is CCc1c(C(F)(F)F)noc1CN1CCCCC1. The third-order valence-electron chi connectivity index (χ3n) is 3.31. The summed E-state index contributed by atoms with van der Waals surface area (Å²) in [6, 6.07) is 0. The highest BCUT2D eigenvalue weighted by Crippen LogP contribution is 2.33. The van der Waals surface area contributed by atoms with E-state index in [-0.39, 0.29) is 5.56 Å². The second kappa shape index (κ2) is 5.30. The molecule has 1 saturated heterocycles. The molecule has 0 saturated carbocycles. The molecule has 0 N–H and O–H groups in total. The summed E-state index contributed by atoms with van der Waals surface area (Å²) in [5.41, 5.74) is -0.662. The molecule has 0 unspecified atom stereocenters. The summed E-state index contributed by atoms with van der Waals surface area (Å²) >= 11 is 0. The summed E-state index contributed by atoms with van der Waals surface area (Å²) in [4.78, 5) is 2.13. The van der Waals surface area contributed by atoms with Crippen molar-refractivity contribution in [2.24, 2.45) is 0 Å². The number of aromatic nitrogens is 1. The van der Waals surface area contributed by atoms with Crippen LogP contribution in [0.5, 0.6) is 0 Å². The molecule has 1 aromatic rings. The maximum atomic E-state index is 12.7. The van der Waals surface area contributed by atoms with E-state index in [1.807, 2.05) is 0 Å². The number of rotatable bonds is 3. The first-order chi connectivity index (χ1) is 8.52. The molecular weight excluding hydrogens is 245 g/mol. The molecule has 0 amide bonds. The summed E-state index contributed by atoms with van der Waals surface area (Å²) in [7, 11) is 0. The van der Waals surface area contributed by atoms with Gasteiger partial charge in [-0.1, -0.05) is 18.5 Å². The number of nitrogens with zero attached hydrogens (tertiary/aromatic N) is 2. The molecule has 1 fully saturated rings. The lowest BCUT2D eigenvalue weighted by atomic mass is 10.1. The molecule has 0 aromatic carbocycles. The van der Waals surface area contributed by atoms with Gasteiger partial charge < -0.3 is 4.52 Å². The molecule has 6 heteroatoms. The van der Waals surface area contributed by atoms with E-state index in [2.05, 4.69) is 10.1 Å². The van der Waals surface area contributed by atoms with Crippen molar-refractivity contribution in [3.05, 3.63) is 17.0 Å². The first-order valence-electron chi connectivity index (χ1n) is 6.29. The maximum absolute atomic E-state index is 12.7. The molecule has 1 aliphatic heterocycles. The van der Waals surface area contributed by atoms with Gasteiger partial charge in [-0.05, 0) is 32.4 Å². The Hall–Kier alpha value is -1.04. The van der Waals surface area contributed by atoms with Gasteiger partial charge in [0, 0.05) is 5.56 Å². The van der Waals surface area contributed by atoms with E-state index in [4.69, 9.17) is 4.52 Å². The third kappa shape index (κ3) is 2.85. The summed E-state index contributed by atoms with van der Waals surface area (Å²) in [6.45, 7) is 3.98. The molecule has 1 aromatic heterocycles. The minimum Gasteiger partial charge on any atom is -0.359 e. The highest BCUT2D eigenvalue weighted by molar-refractivity contribution is 5.25. The molecule has 102 valence electrons. The van der Waals surface area contributed by atoms with Crippen molar-refractivity contribution in [2.75, 3.05) is 13.1 Å². The smallest absolute Gasteiger partial charge is 0.359 e. The van der Waals surface area contributed by atoms with Gasteiger partial charge in [-0.3, -0.25) is 4.90 Å². The van der Waals surface area contributed by atoms with E-state index in [9.17, 15) is 13.2 Å². The minimum atomic E-state index is -4.42. The van der Waals surface area contributed by atoms with Crippen LogP contribution in [0.25, 0.3) is 0 Å². The van der Waals surface area contributed by atoms with Gasteiger partial charge in [0.2, 0.25) is 0 Å². The second-order valence-corrected chi connectivity index (χ2v) is 4.62. The molecule has 18 heavy (non-hydrogen) atoms. The van der Waals surface area contributed by atoms with Crippen LogP contribution in [0.15, 0.2) is 4.52 Å². The molecule has 0 bridgehead atoms. The van der Waals surface area contributed by atoms with Crippen LogP contribution in [0.2, 0.25) is 0 Å². The molecule has 0 spiro atoms. The summed E-state index contributed by atoms with van der Waals surface area (Å²) in [5, 5.41) is 3.20. The van der Waals surface area contributed by atoms with Crippen molar-refractivity contribution >= 4 is 0 Å². The zero-order valence-corrected chi connectivity index (χ0v) is 10.4. The van der Waals surface area contributed by atoms with Crippen LogP contribution in [0, 0.1) is 0 Å². The standard InChI is InChI=1S/C12H17F3N2O/c1-2-9-10(8-17-6-4-3-5-7-17)18-16-11(9)12(13,14)15/h2-8H2,1H3. The van der Waals surface area contributed by atoms with Crippen LogP contribution in [-0.4, -0.2) is 23.1 Å². The Balaban J connectivity index is 2.15. The Bertz CT molecular complexity index is 395. The van der Waals surface area contributed by atoms with Gasteiger partial charge in [-0.2, -0.15) is 13.2 Å². The molecule has 1 aliphatic rings. The lowest BCUT2D eigenvalue weighted by molar-refractivity contribution is -0.143. The Morgan fingerprint density at radius 1 is 1.22 bits per heavy atom. The number of hydrogen-bond donors (Lipinski definition) is 0. The second-order valence-electron chi connectivity index (χ2n) is 4.62. The van der Waals surface area contributed by atoms with Crippen molar-refractivity contribution in [1.82, 2.24) is 10.1 Å². The van der Waals surface area contributed by atoms with Crippen LogP contribution in [0.4, 0.5) is 13.2 Å². The largest absolute Gasteiger partial charge is 0.437 e. The van der Waals surface area contributed by atoms with Crippen molar-refractivity contribution in [3.63, 3.8) is 0 Å². The maximum Gasteiger partial charge on any atom is 0.437 e. The fraction of sp³-hybridized carbons (Fsp3) is 0.750. The van der Waals surface area contributed by atoms with E-state index in [0.29, 0.717) is 18.7 Å². The molecule has 0 atom stereocenters. The predicted molar refractivity (Wildman–Crippen MR) is 60.0 cm³/mol. The van der Waals surface area contributed by atoms with Gasteiger partial charge in [-0.15, -0.1) is 0 Å². The van der Waals surface area contributed by atoms with E-state index in [1.165, 1.54) is 6.42 Å². The first kappa shape index (κ1) is 13.4. The van der Waals surface area contributed by atoms with Gasteiger partial charge >= 0.3 is 6.18 Å². The van der Waals surface area contributed by atoms with Crippen LogP contribution < -0.4 is 0 Å². The van der Waals surface area contributed by atoms with Crippen molar-refractivity contribution in [2.45, 2.75) is 45.3 Å². The summed E-state index contributed by atoms with van der Waals surface area (Å²) < 4.78 is 43.0. The third-order valence-corrected chi connectivity index (χ3v) is 3.31. The topological polar surface area (TPSA) is 29.3 Å². The number of piperidine rings is 1. The molecule has 0 radical (unpaired) electrons. The molecule has 0 aliphatic carbocycles. The van der Waals surface area contributed by atoms with Crippen LogP contribution in [0.1, 0.15) is 43.2 Å². The van der Waals surface area contributed by atoms with E-state index < -0.39 is 11.9 Å². The van der Waals surface area contributed by atoms with E-state index in [1.54, 1.807) is 6.92 Å². The zero-order valence-electron chi connectivity index (χ0n) is 10.4. The van der Waals surface area contributed by atoms with Crippen LogP contribution in [0.3, 0.4) is 0 Å². The molecular formula is C12H17F3N2O. The lowest BCUT2D eigenvalue weighted by Gasteiger charge is -2.25. The zero-order chi connectivity index (χ0) is 13.2. The number of hydrogen-bond acceptors (Lipinski definition) is 3. The predicted octanol–water partition coefficient (Wildman–Crippen LogP) is 3.24. The molecule has 2 rings (SSSR count). The monoisotopic (exact) mass is 262 g/mol. The minimum absolute atomic E-state index is 0.202. The van der Waals surface area contributed by atoms with Gasteiger partial charge in [0.05, 0.1) is 6.54 Å². The van der Waals surface area contributed by atoms with Crippen LogP contribution >= 0.6 is 0 Å². The lowest BCUT2D eigenvalue weighted by Crippen LogP contribution is -2.29. The van der Waals surface area contributed by atoms with Crippen molar-refractivity contribution < 1.29 is 17.7 Å². The Kier molecular flexibility index (Phi) is 3.94. The first-order valence-corrected chi connectivity index (χ1v) is 6.29. The molecule has 3 nitrogen and oxygen atoms in total. The van der Waals surface area contributed by atoms with Gasteiger partial charge in [0.15, 0.2) is 11.5 Å². The van der Waals surface area contributed by atoms with E-state index >= 15 is 0 Å². The Morgan fingerprint density at radius 3 is 2.44 bits per heavy atom. The Labute approximate surface area is 104 Å². The van der Waals surface area contributed by atoms with Gasteiger partial charge in [0.25, 0.3) is 0 Å². The van der Waals surface area contributed by atoms with Crippen molar-refractivity contribution in [1.29, 1.82) is 0 Å². The Morgan fingerprint density at radius 2 is 1.89 bits per heavy atom. The average Bonchev–Trinajstić information content (AvgIpc) is 2.73. The van der Waals surface area contributed by atoms with Gasteiger partial charge in [0.1, 0.15) is 0 Å². The van der Waals surface area contributed by atoms with Crippen LogP contribution in [-0.2, 0) is 19.1 Å². The quantitative estimate of drug-likeness (QED) is 0.837. The number of alkyl halides is 3. The fourth-order valence-corrected chi connectivity index (χ4v) is 2.38. The highest BCUT2D eigenvalue weighted by atomic mass is 19.4. The molecule has 2 heterocycles. The normalized spacial score (nSPS) is 18.2. The van der Waals surface area contributed by atoms with E-state index in [0.717, 1.165) is 25.9 Å². The summed E-state index contributed by atoms with van der Waals surface area (Å²) in [5.74, 6) is 0.367. The summed E-state index contributed by atoms with van der Waals surface area (Å²) in [6.07, 6.45) is -0.735. The average molecular weight is 262 g/mol. The fourth-order valence-electron chi connectivity index (χ4n) is 2.38.